The fourth-order valence-corrected chi connectivity index (χ4v) is 7.44. The molecule has 11 heteroatoms. The van der Waals surface area contributed by atoms with E-state index in [0.29, 0.717) is 41.4 Å². The number of fused-ring (bicyclic) bond motifs is 1. The van der Waals surface area contributed by atoms with E-state index in [1.54, 1.807) is 0 Å². The van der Waals surface area contributed by atoms with Gasteiger partial charge in [-0.1, -0.05) is 11.6 Å². The van der Waals surface area contributed by atoms with Crippen LogP contribution in [0.1, 0.15) is 56.4 Å². The lowest BCUT2D eigenvalue weighted by Gasteiger charge is -2.31. The number of phenolic OH excluding ortho intramolecular Hbond substituents is 1. The van der Waals surface area contributed by atoms with Crippen LogP contribution in [-0.2, 0) is 0 Å². The first-order valence-electron chi connectivity index (χ1n) is 14.1. The van der Waals surface area contributed by atoms with Gasteiger partial charge in [0.25, 0.3) is 0 Å². The van der Waals surface area contributed by atoms with Crippen LogP contribution in [0.5, 0.6) is 17.6 Å². The zero-order chi connectivity index (χ0) is 27.4. The Morgan fingerprint density at radius 2 is 2.02 bits per heavy atom. The van der Waals surface area contributed by atoms with Gasteiger partial charge >= 0.3 is 6.01 Å². The molecule has 5 aliphatic rings. The van der Waals surface area contributed by atoms with Crippen molar-refractivity contribution >= 4 is 28.3 Å². The zero-order valence-corrected chi connectivity index (χ0v) is 23.0. The van der Waals surface area contributed by atoms with Crippen LogP contribution in [0.15, 0.2) is 12.1 Å². The van der Waals surface area contributed by atoms with E-state index in [1.165, 1.54) is 12.1 Å². The molecule has 0 amide bonds. The van der Waals surface area contributed by atoms with Crippen LogP contribution < -0.4 is 14.4 Å². The van der Waals surface area contributed by atoms with Gasteiger partial charge in [-0.2, -0.15) is 9.97 Å². The van der Waals surface area contributed by atoms with Crippen molar-refractivity contribution in [2.75, 3.05) is 38.3 Å². The molecule has 210 valence electrons. The van der Waals surface area contributed by atoms with E-state index in [9.17, 15) is 9.50 Å². The lowest BCUT2D eigenvalue weighted by molar-refractivity contribution is 0.107. The van der Waals surface area contributed by atoms with Crippen molar-refractivity contribution in [3.63, 3.8) is 0 Å². The van der Waals surface area contributed by atoms with Gasteiger partial charge in [0.05, 0.1) is 11.1 Å². The number of hydrogen-bond donors (Lipinski definition) is 1. The third-order valence-electron chi connectivity index (χ3n) is 9.63. The van der Waals surface area contributed by atoms with Crippen molar-refractivity contribution in [1.82, 2.24) is 19.9 Å². The molecule has 2 aromatic heterocycles. The predicted octanol–water partition coefficient (Wildman–Crippen LogP) is 5.38. The highest BCUT2D eigenvalue weighted by Crippen LogP contribution is 2.52. The first-order valence-corrected chi connectivity index (χ1v) is 14.5. The molecule has 1 spiro atoms. The summed E-state index contributed by atoms with van der Waals surface area (Å²) in [6, 6.07) is 3.04. The molecule has 5 heterocycles. The topological polar surface area (TPSA) is 83.8 Å². The molecule has 3 aliphatic heterocycles. The minimum Gasteiger partial charge on any atom is -0.508 e. The number of pyridine rings is 1. The van der Waals surface area contributed by atoms with E-state index >= 15 is 4.39 Å². The standard InChI is InChI=1S/C29H30ClF2N5O3/c1-36-25-21-24(34-27(35-25)40-14-29-5-2-8-37(29)12-16(31)11-29)22(32)23(33-26(21)39-13-28(36)6-7-28)18-9-17(38)10-19(30)20(18)15-3-4-15/h9-10,15-16,38H,2-8,11-14H2,1H3/t16-,29+/m1/s1. The molecule has 40 heavy (non-hydrogen) atoms. The van der Waals surface area contributed by atoms with Crippen LogP contribution in [0.4, 0.5) is 14.6 Å². The summed E-state index contributed by atoms with van der Waals surface area (Å²) >= 11 is 6.55. The largest absolute Gasteiger partial charge is 0.508 e. The second-order valence-corrected chi connectivity index (χ2v) is 12.6. The van der Waals surface area contributed by atoms with E-state index in [1.807, 2.05) is 11.9 Å². The number of halogens is 3. The number of nitrogens with zero attached hydrogens (tertiary/aromatic N) is 5. The Morgan fingerprint density at radius 3 is 2.80 bits per heavy atom. The molecule has 0 unspecified atom stereocenters. The molecule has 0 bridgehead atoms. The Morgan fingerprint density at radius 1 is 1.20 bits per heavy atom. The number of phenols is 1. The highest BCUT2D eigenvalue weighted by atomic mass is 35.5. The molecule has 2 aliphatic carbocycles. The molecule has 0 radical (unpaired) electrons. The minimum atomic E-state index is -0.882. The van der Waals surface area contributed by atoms with Gasteiger partial charge in [0.15, 0.2) is 5.82 Å². The maximum absolute atomic E-state index is 16.6. The summed E-state index contributed by atoms with van der Waals surface area (Å²) in [5, 5.41) is 11.2. The molecule has 4 fully saturated rings. The highest BCUT2D eigenvalue weighted by Gasteiger charge is 2.52. The van der Waals surface area contributed by atoms with Gasteiger partial charge in [-0.05, 0) is 68.7 Å². The maximum atomic E-state index is 16.6. The van der Waals surface area contributed by atoms with Gasteiger partial charge in [0, 0.05) is 30.6 Å². The average molecular weight is 570 g/mol. The van der Waals surface area contributed by atoms with Crippen molar-refractivity contribution in [2.24, 2.45) is 0 Å². The number of aromatic nitrogens is 3. The molecule has 2 saturated carbocycles. The normalized spacial score (nSPS) is 26.7. The number of likely N-dealkylation sites (N-methyl/N-ethyl adjacent to an activating group) is 1. The van der Waals surface area contributed by atoms with Crippen molar-refractivity contribution in [2.45, 2.75) is 68.1 Å². The number of rotatable bonds is 5. The molecule has 1 aromatic carbocycles. The average Bonchev–Trinajstić information content (AvgIpc) is 3.84. The Kier molecular flexibility index (Phi) is 5.28. The Labute approximate surface area is 235 Å². The van der Waals surface area contributed by atoms with Crippen molar-refractivity contribution < 1.29 is 23.4 Å². The summed E-state index contributed by atoms with van der Waals surface area (Å²) in [7, 11) is 1.94. The minimum absolute atomic E-state index is 0.0313. The molecular formula is C29H30ClF2N5O3. The number of benzene rings is 1. The summed E-state index contributed by atoms with van der Waals surface area (Å²) in [5.41, 5.74) is 0.647. The van der Waals surface area contributed by atoms with Crippen molar-refractivity contribution in [3.05, 3.63) is 28.5 Å². The van der Waals surface area contributed by atoms with Crippen LogP contribution in [-0.4, -0.2) is 75.6 Å². The number of hydrogen-bond acceptors (Lipinski definition) is 8. The smallest absolute Gasteiger partial charge is 0.319 e. The number of anilines is 1. The number of aromatic hydroxyl groups is 1. The Hall–Kier alpha value is -2.98. The molecule has 8 rings (SSSR count). The van der Waals surface area contributed by atoms with Gasteiger partial charge < -0.3 is 19.5 Å². The van der Waals surface area contributed by atoms with Crippen LogP contribution >= 0.6 is 11.6 Å². The number of alkyl halides is 1. The van der Waals surface area contributed by atoms with Gasteiger partial charge in [-0.25, -0.2) is 13.8 Å². The zero-order valence-electron chi connectivity index (χ0n) is 22.2. The first kappa shape index (κ1) is 24.8. The monoisotopic (exact) mass is 569 g/mol. The van der Waals surface area contributed by atoms with Gasteiger partial charge in [-0.3, -0.25) is 4.90 Å². The fourth-order valence-electron chi connectivity index (χ4n) is 7.08. The summed E-state index contributed by atoms with van der Waals surface area (Å²) < 4.78 is 43.4. The molecule has 2 atom stereocenters. The summed E-state index contributed by atoms with van der Waals surface area (Å²) in [6.45, 7) is 1.89. The Balaban J connectivity index is 1.29. The number of ether oxygens (including phenoxy) is 2. The quantitative estimate of drug-likeness (QED) is 0.438. The van der Waals surface area contributed by atoms with Crippen LogP contribution in [0.2, 0.25) is 5.02 Å². The van der Waals surface area contributed by atoms with Gasteiger partial charge in [0.2, 0.25) is 5.88 Å². The fraction of sp³-hybridized carbons (Fsp3) is 0.552. The molecular weight excluding hydrogens is 540 g/mol. The van der Waals surface area contributed by atoms with Crippen LogP contribution in [0.25, 0.3) is 22.2 Å². The maximum Gasteiger partial charge on any atom is 0.319 e. The first-order chi connectivity index (χ1) is 19.3. The molecule has 2 saturated heterocycles. The van der Waals surface area contributed by atoms with Gasteiger partial charge in [-0.15, -0.1) is 0 Å². The third kappa shape index (κ3) is 3.67. The lowest BCUT2D eigenvalue weighted by Crippen LogP contribution is -2.43. The van der Waals surface area contributed by atoms with Crippen LogP contribution in [0.3, 0.4) is 0 Å². The van der Waals surface area contributed by atoms with E-state index in [0.717, 1.165) is 50.6 Å². The van der Waals surface area contributed by atoms with E-state index in [2.05, 4.69) is 14.9 Å². The SMILES string of the molecule is CN1c2nc(OC[C@@]34CCCN3C[C@H](F)C4)nc3c(F)c(-c4cc(O)cc(Cl)c4C4CC4)nc(c23)OCC12CC2. The van der Waals surface area contributed by atoms with E-state index in [-0.39, 0.29) is 52.5 Å². The van der Waals surface area contributed by atoms with E-state index < -0.39 is 12.0 Å². The lowest BCUT2D eigenvalue weighted by atomic mass is 9.95. The summed E-state index contributed by atoms with van der Waals surface area (Å²) in [4.78, 5) is 18.2. The molecule has 3 aromatic rings. The summed E-state index contributed by atoms with van der Waals surface area (Å²) in [6.07, 6.45) is 5.08. The van der Waals surface area contributed by atoms with Crippen LogP contribution in [0, 0.1) is 5.82 Å². The van der Waals surface area contributed by atoms with Gasteiger partial charge in [0.1, 0.15) is 47.5 Å². The van der Waals surface area contributed by atoms with Crippen molar-refractivity contribution in [3.8, 4) is 28.9 Å². The highest BCUT2D eigenvalue weighted by molar-refractivity contribution is 6.32. The molecule has 1 N–H and O–H groups in total. The second kappa shape index (κ2) is 8.52. The van der Waals surface area contributed by atoms with Crippen molar-refractivity contribution in [1.29, 1.82) is 0 Å². The van der Waals surface area contributed by atoms with E-state index in [4.69, 9.17) is 26.1 Å². The third-order valence-corrected chi connectivity index (χ3v) is 9.94. The second-order valence-electron chi connectivity index (χ2n) is 12.2. The Bertz CT molecular complexity index is 1560. The summed E-state index contributed by atoms with van der Waals surface area (Å²) in [5.74, 6) is 0.228. The predicted molar refractivity (Wildman–Crippen MR) is 146 cm³/mol. The molecule has 8 nitrogen and oxygen atoms in total.